The number of benzene rings is 2. The van der Waals surface area contributed by atoms with Crippen molar-refractivity contribution in [1.29, 1.82) is 0 Å². The molecule has 1 aliphatic heterocycles. The van der Waals surface area contributed by atoms with Crippen LogP contribution in [0.1, 0.15) is 12.5 Å². The molecule has 7 heteroatoms. The Bertz CT molecular complexity index is 1170. The van der Waals surface area contributed by atoms with Gasteiger partial charge in [0, 0.05) is 42.3 Å². The van der Waals surface area contributed by atoms with Crippen molar-refractivity contribution in [2.75, 3.05) is 31.8 Å². The maximum Gasteiger partial charge on any atom is 0.280 e. The van der Waals surface area contributed by atoms with Crippen molar-refractivity contribution >= 4 is 34.3 Å². The first kappa shape index (κ1) is 22.0. The number of hydrazone groups is 1. The molecule has 0 radical (unpaired) electrons. The Morgan fingerprint density at radius 3 is 2.59 bits per heavy atom. The van der Waals surface area contributed by atoms with E-state index < -0.39 is 6.10 Å². The molecule has 0 bridgehead atoms. The van der Waals surface area contributed by atoms with Crippen LogP contribution in [0.15, 0.2) is 71.5 Å². The first-order valence-electron chi connectivity index (χ1n) is 10.7. The highest BCUT2D eigenvalue weighted by Crippen LogP contribution is 2.28. The maximum atomic E-state index is 13.1. The van der Waals surface area contributed by atoms with Gasteiger partial charge < -0.3 is 19.7 Å². The van der Waals surface area contributed by atoms with Crippen molar-refractivity contribution in [2.24, 2.45) is 5.10 Å². The number of aliphatic hydroxyl groups excluding tert-OH is 2. The largest absolute Gasteiger partial charge is 0.395 e. The quantitative estimate of drug-likeness (QED) is 0.537. The van der Waals surface area contributed by atoms with E-state index in [1.165, 1.54) is 5.01 Å². The summed E-state index contributed by atoms with van der Waals surface area (Å²) in [5.41, 5.74) is 3.85. The molecule has 166 valence electrons. The highest BCUT2D eigenvalue weighted by molar-refractivity contribution is 6.32. The summed E-state index contributed by atoms with van der Waals surface area (Å²) in [6.45, 7) is 3.28. The third kappa shape index (κ3) is 4.50. The Kier molecular flexibility index (Phi) is 6.50. The van der Waals surface area contributed by atoms with E-state index in [2.05, 4.69) is 5.10 Å². The first-order valence-corrected chi connectivity index (χ1v) is 10.7. The van der Waals surface area contributed by atoms with Gasteiger partial charge in [-0.3, -0.25) is 4.79 Å². The summed E-state index contributed by atoms with van der Waals surface area (Å²) in [5.74, 6) is -0.156. The smallest absolute Gasteiger partial charge is 0.280 e. The Morgan fingerprint density at radius 1 is 1.12 bits per heavy atom. The minimum absolute atomic E-state index is 0.0579. The molecule has 0 fully saturated rings. The van der Waals surface area contributed by atoms with Crippen molar-refractivity contribution in [1.82, 2.24) is 9.47 Å². The average molecular weight is 433 g/mol. The van der Waals surface area contributed by atoms with Gasteiger partial charge in [0.1, 0.15) is 0 Å². The molecule has 0 saturated carbocycles. The molecule has 0 spiro atoms. The second kappa shape index (κ2) is 9.48. The third-order valence-electron chi connectivity index (χ3n) is 5.59. The molecule has 1 aromatic heterocycles. The number of nitrogens with zero attached hydrogens (tertiary/aromatic N) is 4. The van der Waals surface area contributed by atoms with Crippen LogP contribution in [-0.4, -0.2) is 64.1 Å². The number of carbonyl (C=O) groups is 1. The van der Waals surface area contributed by atoms with Gasteiger partial charge in [-0.25, -0.2) is 0 Å². The molecule has 2 N–H and O–H groups in total. The molecule has 0 saturated heterocycles. The topological polar surface area (TPSA) is 81.3 Å². The Morgan fingerprint density at radius 2 is 1.84 bits per heavy atom. The van der Waals surface area contributed by atoms with Crippen molar-refractivity contribution in [3.63, 3.8) is 0 Å². The fourth-order valence-corrected chi connectivity index (χ4v) is 4.03. The number of hydrogen-bond donors (Lipinski definition) is 2. The highest BCUT2D eigenvalue weighted by Gasteiger charge is 2.29. The molecule has 0 aliphatic carbocycles. The lowest BCUT2D eigenvalue weighted by molar-refractivity contribution is -0.114. The number of hydrogen-bond acceptors (Lipinski definition) is 5. The SMILES string of the molecule is CC1=NN(c2ccccc2)C(=O)C1=Cc1cn(CC(O)CN(C)CCO)c2ccccc12. The van der Waals surface area contributed by atoms with Crippen LogP contribution in [0.3, 0.4) is 0 Å². The van der Waals surface area contributed by atoms with Crippen LogP contribution in [0.2, 0.25) is 0 Å². The molecule has 7 nitrogen and oxygen atoms in total. The molecule has 3 aromatic rings. The standard InChI is InChI=1S/C25H28N4O3/c1-18-23(25(32)29(26-18)20-8-4-3-5-9-20)14-19-15-28(24-11-7-6-10-22(19)24)17-21(31)16-27(2)12-13-30/h3-11,14-15,21,30-31H,12-13,16-17H2,1-2H3. The van der Waals surface area contributed by atoms with Gasteiger partial charge in [-0.2, -0.15) is 10.1 Å². The molecule has 2 aromatic carbocycles. The van der Waals surface area contributed by atoms with E-state index in [-0.39, 0.29) is 12.5 Å². The number of para-hydroxylation sites is 2. The Hall–Kier alpha value is -3.26. The zero-order chi connectivity index (χ0) is 22.7. The lowest BCUT2D eigenvalue weighted by Crippen LogP contribution is -2.33. The maximum absolute atomic E-state index is 13.1. The Labute approximate surface area is 187 Å². The number of rotatable bonds is 8. The molecule has 32 heavy (non-hydrogen) atoms. The number of aliphatic hydroxyl groups is 2. The molecule has 1 atom stereocenters. The van der Waals surface area contributed by atoms with Gasteiger partial charge in [0.15, 0.2) is 0 Å². The minimum atomic E-state index is -0.590. The van der Waals surface area contributed by atoms with E-state index in [0.717, 1.165) is 22.2 Å². The van der Waals surface area contributed by atoms with Gasteiger partial charge in [0.2, 0.25) is 0 Å². The van der Waals surface area contributed by atoms with E-state index in [1.807, 2.05) is 90.3 Å². The van der Waals surface area contributed by atoms with Gasteiger partial charge in [-0.15, -0.1) is 0 Å². The van der Waals surface area contributed by atoms with E-state index in [9.17, 15) is 9.90 Å². The van der Waals surface area contributed by atoms with Crippen LogP contribution in [0.5, 0.6) is 0 Å². The number of carbonyl (C=O) groups excluding carboxylic acids is 1. The van der Waals surface area contributed by atoms with Crippen molar-refractivity contribution < 1.29 is 15.0 Å². The van der Waals surface area contributed by atoms with Gasteiger partial charge >= 0.3 is 0 Å². The molecule has 1 aliphatic rings. The van der Waals surface area contributed by atoms with E-state index in [4.69, 9.17) is 5.11 Å². The van der Waals surface area contributed by atoms with Crippen molar-refractivity contribution in [3.8, 4) is 0 Å². The summed E-state index contributed by atoms with van der Waals surface area (Å²) in [5, 5.41) is 26.5. The number of anilines is 1. The zero-order valence-electron chi connectivity index (χ0n) is 18.3. The van der Waals surface area contributed by atoms with Crippen molar-refractivity contribution in [3.05, 3.63) is 71.9 Å². The van der Waals surface area contributed by atoms with Crippen LogP contribution in [0.4, 0.5) is 5.69 Å². The van der Waals surface area contributed by atoms with Crippen LogP contribution in [-0.2, 0) is 11.3 Å². The summed E-state index contributed by atoms with van der Waals surface area (Å²) in [6.07, 6.45) is 3.26. The molecule has 1 amide bonds. The number of likely N-dealkylation sites (N-methyl/N-ethyl adjacent to an activating group) is 1. The van der Waals surface area contributed by atoms with E-state index in [0.29, 0.717) is 30.9 Å². The van der Waals surface area contributed by atoms with Crippen molar-refractivity contribution in [2.45, 2.75) is 19.6 Å². The molecular weight excluding hydrogens is 404 g/mol. The fourth-order valence-electron chi connectivity index (χ4n) is 4.03. The zero-order valence-corrected chi connectivity index (χ0v) is 18.3. The second-order valence-corrected chi connectivity index (χ2v) is 8.09. The number of fused-ring (bicyclic) bond motifs is 1. The van der Waals surface area contributed by atoms with Crippen LogP contribution < -0.4 is 5.01 Å². The highest BCUT2D eigenvalue weighted by atomic mass is 16.3. The molecule has 2 heterocycles. The predicted octanol–water partition coefficient (Wildman–Crippen LogP) is 2.73. The van der Waals surface area contributed by atoms with Crippen LogP contribution in [0.25, 0.3) is 17.0 Å². The van der Waals surface area contributed by atoms with Gasteiger partial charge in [0.05, 0.1) is 29.7 Å². The average Bonchev–Trinajstić information content (AvgIpc) is 3.27. The molecule has 4 rings (SSSR count). The van der Waals surface area contributed by atoms with Crippen LogP contribution in [0, 0.1) is 0 Å². The summed E-state index contributed by atoms with van der Waals surface area (Å²) in [7, 11) is 1.87. The summed E-state index contributed by atoms with van der Waals surface area (Å²) in [4.78, 5) is 15.0. The van der Waals surface area contributed by atoms with Gasteiger partial charge in [-0.1, -0.05) is 36.4 Å². The minimum Gasteiger partial charge on any atom is -0.395 e. The van der Waals surface area contributed by atoms with E-state index in [1.54, 1.807) is 0 Å². The van der Waals surface area contributed by atoms with Crippen LogP contribution >= 0.6 is 0 Å². The van der Waals surface area contributed by atoms with Gasteiger partial charge in [0.25, 0.3) is 5.91 Å². The number of amides is 1. The predicted molar refractivity (Wildman–Crippen MR) is 128 cm³/mol. The summed E-state index contributed by atoms with van der Waals surface area (Å²) in [6, 6.07) is 17.3. The summed E-state index contributed by atoms with van der Waals surface area (Å²) < 4.78 is 2.01. The van der Waals surface area contributed by atoms with E-state index >= 15 is 0 Å². The Balaban J connectivity index is 1.63. The first-order chi connectivity index (χ1) is 15.5. The molecular formula is C25H28N4O3. The van der Waals surface area contributed by atoms with Gasteiger partial charge in [-0.05, 0) is 38.2 Å². The normalized spacial score (nSPS) is 16.4. The number of aromatic nitrogens is 1. The monoisotopic (exact) mass is 432 g/mol. The third-order valence-corrected chi connectivity index (χ3v) is 5.59. The molecule has 1 unspecified atom stereocenters. The lowest BCUT2D eigenvalue weighted by atomic mass is 10.1. The fraction of sp³-hybridized carbons (Fsp3) is 0.280. The summed E-state index contributed by atoms with van der Waals surface area (Å²) >= 11 is 0. The second-order valence-electron chi connectivity index (χ2n) is 8.09. The lowest BCUT2D eigenvalue weighted by Gasteiger charge is -2.20.